The molecule has 2 aromatic heterocycles. The Morgan fingerprint density at radius 3 is 2.45 bits per heavy atom. The van der Waals surface area contributed by atoms with Gasteiger partial charge in [0.25, 0.3) is 0 Å². The third kappa shape index (κ3) is 2.33. The summed E-state index contributed by atoms with van der Waals surface area (Å²) in [6.45, 7) is 4.14. The van der Waals surface area contributed by atoms with Crippen LogP contribution >= 0.6 is 23.2 Å². The van der Waals surface area contributed by atoms with Crippen molar-refractivity contribution < 1.29 is 0 Å². The van der Waals surface area contributed by atoms with Gasteiger partial charge < -0.3 is 4.57 Å². The lowest BCUT2D eigenvalue weighted by molar-refractivity contribution is 0.969. The van der Waals surface area contributed by atoms with E-state index in [0.717, 1.165) is 16.7 Å². The van der Waals surface area contributed by atoms with Gasteiger partial charge in [0.2, 0.25) is 0 Å². The number of aryl methyl sites for hydroxylation is 1. The maximum atomic E-state index is 5.94. The van der Waals surface area contributed by atoms with Crippen LogP contribution in [0.4, 0.5) is 0 Å². The smallest absolute Gasteiger partial charge is 0.131 e. The van der Waals surface area contributed by atoms with Crippen molar-refractivity contribution in [3.63, 3.8) is 0 Å². The molecule has 3 rings (SSSR count). The molecular weight excluding hydrogens is 291 g/mol. The largest absolute Gasteiger partial charge is 0.351 e. The van der Waals surface area contributed by atoms with Gasteiger partial charge in [0.05, 0.1) is 0 Å². The zero-order valence-electron chi connectivity index (χ0n) is 10.9. The van der Waals surface area contributed by atoms with E-state index in [-0.39, 0.29) is 0 Å². The van der Waals surface area contributed by atoms with Gasteiger partial charge in [-0.25, -0.2) is 4.98 Å². The molecule has 0 aliphatic rings. The van der Waals surface area contributed by atoms with Crippen LogP contribution in [0.3, 0.4) is 0 Å². The lowest BCUT2D eigenvalue weighted by atomic mass is 9.99. The van der Waals surface area contributed by atoms with E-state index in [1.54, 1.807) is 12.1 Å². The first-order valence-corrected chi connectivity index (χ1v) is 6.88. The number of hydrogen-bond donors (Lipinski definition) is 0. The zero-order valence-corrected chi connectivity index (χ0v) is 12.4. The standard InChI is InChI=1S/C16H12Cl2N2/c1-10(13-8-15(17)19-16(18)9-13)11-3-4-14-12(7-11)5-6-20(14)2/h3-9H,1H2,2H3. The highest BCUT2D eigenvalue weighted by Crippen LogP contribution is 2.28. The minimum Gasteiger partial charge on any atom is -0.351 e. The van der Waals surface area contributed by atoms with Crippen molar-refractivity contribution >= 4 is 39.7 Å². The van der Waals surface area contributed by atoms with E-state index in [2.05, 4.69) is 34.3 Å². The summed E-state index contributed by atoms with van der Waals surface area (Å²) in [5.74, 6) is 0. The molecule has 2 nitrogen and oxygen atoms in total. The van der Waals surface area contributed by atoms with Crippen molar-refractivity contribution in [1.29, 1.82) is 0 Å². The predicted octanol–water partition coefficient (Wildman–Crippen LogP) is 4.94. The van der Waals surface area contributed by atoms with Crippen LogP contribution in [0.15, 0.2) is 49.2 Å². The van der Waals surface area contributed by atoms with E-state index in [0.29, 0.717) is 10.3 Å². The molecule has 4 heteroatoms. The number of benzene rings is 1. The molecule has 3 aromatic rings. The fourth-order valence-electron chi connectivity index (χ4n) is 2.28. The van der Waals surface area contributed by atoms with Gasteiger partial charge >= 0.3 is 0 Å². The van der Waals surface area contributed by atoms with Crippen molar-refractivity contribution in [2.45, 2.75) is 0 Å². The quantitative estimate of drug-likeness (QED) is 0.613. The molecule has 0 bridgehead atoms. The van der Waals surface area contributed by atoms with Gasteiger partial charge in [-0.1, -0.05) is 35.8 Å². The van der Waals surface area contributed by atoms with Crippen LogP contribution in [0.1, 0.15) is 11.1 Å². The van der Waals surface area contributed by atoms with Crippen molar-refractivity contribution in [1.82, 2.24) is 9.55 Å². The molecule has 0 unspecified atom stereocenters. The number of nitrogens with zero attached hydrogens (tertiary/aromatic N) is 2. The molecule has 0 saturated carbocycles. The van der Waals surface area contributed by atoms with Gasteiger partial charge in [-0.2, -0.15) is 0 Å². The minimum atomic E-state index is 0.370. The van der Waals surface area contributed by atoms with Crippen LogP contribution in [0.2, 0.25) is 10.3 Å². The lowest BCUT2D eigenvalue weighted by Crippen LogP contribution is -1.89. The second-order valence-electron chi connectivity index (χ2n) is 4.68. The molecule has 0 aliphatic heterocycles. The fourth-order valence-corrected chi connectivity index (χ4v) is 2.74. The number of aromatic nitrogens is 2. The van der Waals surface area contributed by atoms with Crippen molar-refractivity contribution in [2.75, 3.05) is 0 Å². The highest BCUT2D eigenvalue weighted by atomic mass is 35.5. The summed E-state index contributed by atoms with van der Waals surface area (Å²) in [5.41, 5.74) is 3.99. The van der Waals surface area contributed by atoms with Gasteiger partial charge in [-0.3, -0.25) is 0 Å². The average Bonchev–Trinajstić information content (AvgIpc) is 2.78. The molecule has 2 heterocycles. The van der Waals surface area contributed by atoms with Crippen LogP contribution in [0.5, 0.6) is 0 Å². The maximum absolute atomic E-state index is 5.94. The number of halogens is 2. The second-order valence-corrected chi connectivity index (χ2v) is 5.45. The van der Waals surface area contributed by atoms with Gasteiger partial charge in [0.15, 0.2) is 0 Å². The monoisotopic (exact) mass is 302 g/mol. The SMILES string of the molecule is C=C(c1cc(Cl)nc(Cl)c1)c1ccc2c(ccn2C)c1. The normalized spacial score (nSPS) is 10.9. The van der Waals surface area contributed by atoms with Crippen molar-refractivity contribution in [3.05, 3.63) is 70.6 Å². The minimum absolute atomic E-state index is 0.370. The lowest BCUT2D eigenvalue weighted by Gasteiger charge is -2.08. The molecular formula is C16H12Cl2N2. The molecule has 1 aromatic carbocycles. The molecule has 0 saturated heterocycles. The Morgan fingerprint density at radius 2 is 1.75 bits per heavy atom. The number of pyridine rings is 1. The number of hydrogen-bond acceptors (Lipinski definition) is 1. The molecule has 0 radical (unpaired) electrons. The Bertz CT molecular complexity index is 798. The Labute approximate surface area is 127 Å². The molecule has 20 heavy (non-hydrogen) atoms. The Morgan fingerprint density at radius 1 is 1.05 bits per heavy atom. The Kier molecular flexibility index (Phi) is 3.28. The van der Waals surface area contributed by atoms with Gasteiger partial charge in [-0.05, 0) is 47.0 Å². The summed E-state index contributed by atoms with van der Waals surface area (Å²) in [4.78, 5) is 3.95. The molecule has 0 fully saturated rings. The van der Waals surface area contributed by atoms with E-state index in [1.807, 2.05) is 19.3 Å². The van der Waals surface area contributed by atoms with Gasteiger partial charge in [0, 0.05) is 24.1 Å². The number of rotatable bonds is 2. The zero-order chi connectivity index (χ0) is 14.3. The topological polar surface area (TPSA) is 17.8 Å². The van der Waals surface area contributed by atoms with Crippen LogP contribution in [-0.2, 0) is 7.05 Å². The van der Waals surface area contributed by atoms with Crippen molar-refractivity contribution in [3.8, 4) is 0 Å². The fraction of sp³-hybridized carbons (Fsp3) is 0.0625. The summed E-state index contributed by atoms with van der Waals surface area (Å²) in [6, 6.07) is 11.9. The molecule has 0 N–H and O–H groups in total. The molecule has 100 valence electrons. The van der Waals surface area contributed by atoms with E-state index in [1.165, 1.54) is 10.9 Å². The first-order valence-electron chi connectivity index (χ1n) is 6.12. The molecule has 0 amide bonds. The van der Waals surface area contributed by atoms with E-state index in [4.69, 9.17) is 23.2 Å². The van der Waals surface area contributed by atoms with Crippen LogP contribution < -0.4 is 0 Å². The van der Waals surface area contributed by atoms with Crippen LogP contribution in [0, 0.1) is 0 Å². The maximum Gasteiger partial charge on any atom is 0.131 e. The molecule has 0 aliphatic carbocycles. The summed E-state index contributed by atoms with van der Waals surface area (Å²) in [7, 11) is 2.03. The first-order chi connectivity index (χ1) is 9.54. The predicted molar refractivity (Wildman–Crippen MR) is 85.3 cm³/mol. The second kappa shape index (κ2) is 4.97. The van der Waals surface area contributed by atoms with Gasteiger partial charge in [0.1, 0.15) is 10.3 Å². The summed E-state index contributed by atoms with van der Waals surface area (Å²) >= 11 is 11.9. The van der Waals surface area contributed by atoms with E-state index >= 15 is 0 Å². The highest BCUT2D eigenvalue weighted by Gasteiger charge is 2.07. The summed E-state index contributed by atoms with van der Waals surface area (Å²) in [5, 5.41) is 1.92. The first kappa shape index (κ1) is 13.2. The van der Waals surface area contributed by atoms with Crippen LogP contribution in [0.25, 0.3) is 16.5 Å². The molecule has 0 atom stereocenters. The van der Waals surface area contributed by atoms with E-state index in [9.17, 15) is 0 Å². The van der Waals surface area contributed by atoms with Gasteiger partial charge in [-0.15, -0.1) is 0 Å². The van der Waals surface area contributed by atoms with E-state index < -0.39 is 0 Å². The summed E-state index contributed by atoms with van der Waals surface area (Å²) < 4.78 is 2.09. The number of fused-ring (bicyclic) bond motifs is 1. The summed E-state index contributed by atoms with van der Waals surface area (Å²) in [6.07, 6.45) is 2.04. The average molecular weight is 303 g/mol. The Balaban J connectivity index is 2.07. The third-order valence-corrected chi connectivity index (χ3v) is 3.73. The van der Waals surface area contributed by atoms with Crippen LogP contribution in [-0.4, -0.2) is 9.55 Å². The highest BCUT2D eigenvalue weighted by molar-refractivity contribution is 6.32. The third-order valence-electron chi connectivity index (χ3n) is 3.34. The Hall–Kier alpha value is -1.77. The van der Waals surface area contributed by atoms with Crippen molar-refractivity contribution in [2.24, 2.45) is 7.05 Å². The molecule has 0 spiro atoms.